The van der Waals surface area contributed by atoms with Crippen molar-refractivity contribution in [2.45, 2.75) is 11.8 Å². The number of nitrogens with zero attached hydrogens (tertiary/aromatic N) is 1. The maximum atomic E-state index is 12.3. The second-order valence-electron chi connectivity index (χ2n) is 6.36. The third kappa shape index (κ3) is 5.24. The first-order valence-electron chi connectivity index (χ1n) is 9.06. The Morgan fingerprint density at radius 3 is 2.07 bits per heavy atom. The van der Waals surface area contributed by atoms with E-state index in [2.05, 4.69) is 15.2 Å². The van der Waals surface area contributed by atoms with Crippen LogP contribution < -0.4 is 14.9 Å². The van der Waals surface area contributed by atoms with E-state index in [1.54, 1.807) is 80.8 Å². The molecule has 0 saturated heterocycles. The fourth-order valence-electron chi connectivity index (χ4n) is 2.59. The van der Waals surface area contributed by atoms with Crippen molar-refractivity contribution >= 4 is 27.3 Å². The van der Waals surface area contributed by atoms with Gasteiger partial charge >= 0.3 is 0 Å². The van der Waals surface area contributed by atoms with E-state index in [0.717, 1.165) is 0 Å². The lowest BCUT2D eigenvalue weighted by atomic mass is 10.1. The molecule has 7 nitrogen and oxygen atoms in total. The number of anilines is 1. The number of hydrazone groups is 1. The van der Waals surface area contributed by atoms with Crippen LogP contribution >= 0.6 is 0 Å². The van der Waals surface area contributed by atoms with Crippen molar-refractivity contribution < 1.29 is 17.9 Å². The van der Waals surface area contributed by atoms with Gasteiger partial charge in [-0.05, 0) is 61.0 Å². The third-order valence-electron chi connectivity index (χ3n) is 4.30. The summed E-state index contributed by atoms with van der Waals surface area (Å²) in [5.74, 6) is 0.431. The van der Waals surface area contributed by atoms with Crippen LogP contribution in [0.1, 0.15) is 22.8 Å². The molecule has 0 bridgehead atoms. The van der Waals surface area contributed by atoms with E-state index in [1.165, 1.54) is 12.1 Å². The van der Waals surface area contributed by atoms with Crippen molar-refractivity contribution in [1.82, 2.24) is 4.83 Å². The Morgan fingerprint density at radius 1 is 0.867 bits per heavy atom. The average Bonchev–Trinajstić information content (AvgIpc) is 2.78. The zero-order chi connectivity index (χ0) is 21.6. The molecule has 0 aliphatic heterocycles. The summed E-state index contributed by atoms with van der Waals surface area (Å²) in [4.78, 5) is 14.7. The highest BCUT2D eigenvalue weighted by molar-refractivity contribution is 7.89. The van der Waals surface area contributed by atoms with Crippen LogP contribution in [-0.2, 0) is 10.0 Å². The van der Waals surface area contributed by atoms with E-state index in [4.69, 9.17) is 4.74 Å². The Bertz CT molecular complexity index is 1140. The van der Waals surface area contributed by atoms with Crippen molar-refractivity contribution in [2.24, 2.45) is 5.10 Å². The molecule has 2 N–H and O–H groups in total. The van der Waals surface area contributed by atoms with Crippen molar-refractivity contribution in [3.05, 3.63) is 90.0 Å². The number of carbonyl (C=O) groups is 1. The smallest absolute Gasteiger partial charge is 0.276 e. The number of hydrogen-bond acceptors (Lipinski definition) is 5. The summed E-state index contributed by atoms with van der Waals surface area (Å²) in [5, 5.41) is 6.78. The van der Waals surface area contributed by atoms with Gasteiger partial charge < -0.3 is 10.1 Å². The molecular weight excluding hydrogens is 402 g/mol. The number of benzene rings is 3. The first-order chi connectivity index (χ1) is 14.4. The summed E-state index contributed by atoms with van der Waals surface area (Å²) in [6, 6.07) is 21.7. The van der Waals surface area contributed by atoms with Gasteiger partial charge in [0.2, 0.25) is 0 Å². The van der Waals surface area contributed by atoms with E-state index in [9.17, 15) is 13.2 Å². The fourth-order valence-corrected chi connectivity index (χ4v) is 3.46. The molecule has 3 aromatic carbocycles. The molecule has 3 aromatic rings. The first kappa shape index (κ1) is 21.1. The number of amides is 1. The summed E-state index contributed by atoms with van der Waals surface area (Å²) in [6.45, 7) is 1.69. The zero-order valence-corrected chi connectivity index (χ0v) is 17.3. The van der Waals surface area contributed by atoms with Crippen molar-refractivity contribution in [3.63, 3.8) is 0 Å². The molecule has 154 valence electrons. The SMILES string of the molecule is COc1ccc(C(=O)Nc2ccc(/C(C)=N/NS(=O)(=O)c3ccccc3)cc2)cc1. The number of hydrogen-bond donors (Lipinski definition) is 2. The van der Waals surface area contributed by atoms with Gasteiger partial charge in [-0.3, -0.25) is 4.79 Å². The molecule has 0 radical (unpaired) electrons. The van der Waals surface area contributed by atoms with Gasteiger partial charge in [-0.15, -0.1) is 0 Å². The van der Waals surface area contributed by atoms with Crippen LogP contribution in [0.15, 0.2) is 88.9 Å². The fraction of sp³-hybridized carbons (Fsp3) is 0.0909. The van der Waals surface area contributed by atoms with Crippen LogP contribution in [0.2, 0.25) is 0 Å². The Morgan fingerprint density at radius 2 is 1.47 bits per heavy atom. The van der Waals surface area contributed by atoms with Crippen LogP contribution in [-0.4, -0.2) is 27.1 Å². The lowest BCUT2D eigenvalue weighted by Gasteiger charge is -2.08. The normalized spacial score (nSPS) is 11.6. The average molecular weight is 423 g/mol. The molecule has 0 fully saturated rings. The van der Waals surface area contributed by atoms with Gasteiger partial charge in [0.15, 0.2) is 0 Å². The van der Waals surface area contributed by atoms with Gasteiger partial charge in [0, 0.05) is 11.3 Å². The number of ether oxygens (including phenoxy) is 1. The van der Waals surface area contributed by atoms with Crippen LogP contribution in [0.4, 0.5) is 5.69 Å². The van der Waals surface area contributed by atoms with Gasteiger partial charge in [0.1, 0.15) is 5.75 Å². The third-order valence-corrected chi connectivity index (χ3v) is 5.52. The topological polar surface area (TPSA) is 96.9 Å². The Kier molecular flexibility index (Phi) is 6.48. The summed E-state index contributed by atoms with van der Waals surface area (Å²) < 4.78 is 29.6. The number of nitrogens with one attached hydrogen (secondary N) is 2. The standard InChI is InChI=1S/C22H21N3O4S/c1-16(24-25-30(27,28)21-6-4-3-5-7-21)17-8-12-19(13-9-17)23-22(26)18-10-14-20(29-2)15-11-18/h3-15,25H,1-2H3,(H,23,26)/b24-16+. The predicted octanol–water partition coefficient (Wildman–Crippen LogP) is 3.65. The minimum atomic E-state index is -3.73. The molecule has 3 rings (SSSR count). The van der Waals surface area contributed by atoms with Crippen molar-refractivity contribution in [3.8, 4) is 5.75 Å². The van der Waals surface area contributed by atoms with Crippen LogP contribution in [0.25, 0.3) is 0 Å². The van der Waals surface area contributed by atoms with E-state index in [-0.39, 0.29) is 10.8 Å². The molecule has 0 saturated carbocycles. The van der Waals surface area contributed by atoms with Crippen LogP contribution in [0.3, 0.4) is 0 Å². The van der Waals surface area contributed by atoms with Gasteiger partial charge in [0.05, 0.1) is 17.7 Å². The van der Waals surface area contributed by atoms with E-state index >= 15 is 0 Å². The Balaban J connectivity index is 1.65. The molecular formula is C22H21N3O4S. The van der Waals surface area contributed by atoms with Gasteiger partial charge in [0.25, 0.3) is 15.9 Å². The van der Waals surface area contributed by atoms with Crippen molar-refractivity contribution in [2.75, 3.05) is 12.4 Å². The number of sulfonamides is 1. The molecule has 0 aromatic heterocycles. The molecule has 0 atom stereocenters. The quantitative estimate of drug-likeness (QED) is 0.448. The summed E-state index contributed by atoms with van der Waals surface area (Å²) >= 11 is 0. The van der Waals surface area contributed by atoms with Gasteiger partial charge in [-0.1, -0.05) is 30.3 Å². The number of rotatable bonds is 7. The molecule has 0 aliphatic rings. The lowest BCUT2D eigenvalue weighted by molar-refractivity contribution is 0.102. The van der Waals surface area contributed by atoms with E-state index in [0.29, 0.717) is 28.3 Å². The molecule has 0 spiro atoms. The predicted molar refractivity (Wildman–Crippen MR) is 116 cm³/mol. The molecule has 8 heteroatoms. The number of methoxy groups -OCH3 is 1. The monoisotopic (exact) mass is 423 g/mol. The molecule has 0 heterocycles. The maximum absolute atomic E-state index is 12.3. The second kappa shape index (κ2) is 9.23. The summed E-state index contributed by atoms with van der Waals surface area (Å²) in [7, 11) is -2.16. The summed E-state index contributed by atoms with van der Waals surface area (Å²) in [5.41, 5.74) is 2.32. The molecule has 30 heavy (non-hydrogen) atoms. The summed E-state index contributed by atoms with van der Waals surface area (Å²) in [6.07, 6.45) is 0. The lowest BCUT2D eigenvalue weighted by Crippen LogP contribution is -2.19. The van der Waals surface area contributed by atoms with Gasteiger partial charge in [-0.25, -0.2) is 0 Å². The highest BCUT2D eigenvalue weighted by Gasteiger charge is 2.12. The van der Waals surface area contributed by atoms with Crippen LogP contribution in [0.5, 0.6) is 5.75 Å². The molecule has 0 unspecified atom stereocenters. The Labute approximate surface area is 175 Å². The minimum absolute atomic E-state index is 0.137. The molecule has 0 aliphatic carbocycles. The highest BCUT2D eigenvalue weighted by atomic mass is 32.2. The van der Waals surface area contributed by atoms with Crippen LogP contribution in [0, 0.1) is 0 Å². The largest absolute Gasteiger partial charge is 0.497 e. The zero-order valence-electron chi connectivity index (χ0n) is 16.5. The molecule has 1 amide bonds. The van der Waals surface area contributed by atoms with Crippen molar-refractivity contribution in [1.29, 1.82) is 0 Å². The second-order valence-corrected chi connectivity index (χ2v) is 8.03. The van der Waals surface area contributed by atoms with Gasteiger partial charge in [-0.2, -0.15) is 18.4 Å². The Hall–Kier alpha value is -3.65. The maximum Gasteiger partial charge on any atom is 0.276 e. The minimum Gasteiger partial charge on any atom is -0.497 e. The van der Waals surface area contributed by atoms with E-state index in [1.807, 2.05) is 0 Å². The van der Waals surface area contributed by atoms with E-state index < -0.39 is 10.0 Å². The number of carbonyl (C=O) groups excluding carboxylic acids is 1. The first-order valence-corrected chi connectivity index (χ1v) is 10.5. The highest BCUT2D eigenvalue weighted by Crippen LogP contribution is 2.15.